The monoisotopic (exact) mass is 830 g/mol. The molecule has 0 bridgehead atoms. The van der Waals surface area contributed by atoms with Crippen molar-refractivity contribution in [1.29, 1.82) is 0 Å². The minimum atomic E-state index is -4.96. The van der Waals surface area contributed by atoms with E-state index in [1.807, 2.05) is 38.3 Å². The van der Waals surface area contributed by atoms with Crippen molar-refractivity contribution in [3.05, 3.63) is 29.8 Å². The van der Waals surface area contributed by atoms with Gasteiger partial charge >= 0.3 is 29.8 Å². The first-order chi connectivity index (χ1) is 25.6. The molecule has 0 saturated carbocycles. The van der Waals surface area contributed by atoms with E-state index in [1.54, 1.807) is 21.3 Å². The molecule has 0 fully saturated rings. The third-order valence-corrected chi connectivity index (χ3v) is 17.6. The highest BCUT2D eigenvalue weighted by molar-refractivity contribution is 6.75. The van der Waals surface area contributed by atoms with Gasteiger partial charge in [0.2, 0.25) is 0 Å². The standard InChI is InChI=1S/C21H46OSi.C10H16O3Si.C8H15F3O5Si/c1-5-6-7-8-9-10-11-12-13-14-15-16-17-18-19-20-21-23(3,4)22-2;1-9-5-7-10(8-6-9)14(11-2,12-3)13-4;1-13-17(14-2,15-3)6-4-5-16-7(12)8(9,10)11/h5-21H2,1-4H3;5-8H,1-4H3;4-6H2,1-3H3. The van der Waals surface area contributed by atoms with E-state index in [9.17, 15) is 18.0 Å². The molecule has 0 aromatic heterocycles. The van der Waals surface area contributed by atoms with Gasteiger partial charge < -0.3 is 35.7 Å². The molecule has 320 valence electrons. The Balaban J connectivity index is 0. The lowest BCUT2D eigenvalue weighted by atomic mass is 10.0. The molecule has 1 rings (SSSR count). The molecule has 9 nitrogen and oxygen atoms in total. The first kappa shape index (κ1) is 54.9. The summed E-state index contributed by atoms with van der Waals surface area (Å²) in [4.78, 5) is 10.4. The number of alkyl halides is 3. The Morgan fingerprint density at radius 2 is 0.944 bits per heavy atom. The number of unbranched alkanes of at least 4 members (excludes halogenated alkanes) is 15. The lowest BCUT2D eigenvalue weighted by Crippen LogP contribution is -2.54. The van der Waals surface area contributed by atoms with E-state index in [2.05, 4.69) is 24.8 Å². The zero-order valence-corrected chi connectivity index (χ0v) is 38.8. The van der Waals surface area contributed by atoms with Crippen LogP contribution in [-0.2, 0) is 40.5 Å². The maximum absolute atomic E-state index is 11.8. The summed E-state index contributed by atoms with van der Waals surface area (Å²) >= 11 is 0. The van der Waals surface area contributed by atoms with Crippen LogP contribution in [0.4, 0.5) is 13.2 Å². The molecule has 0 aliphatic heterocycles. The van der Waals surface area contributed by atoms with Gasteiger partial charge in [-0.25, -0.2) is 4.79 Å². The molecule has 1 aromatic rings. The first-order valence-electron chi connectivity index (χ1n) is 19.8. The van der Waals surface area contributed by atoms with Crippen LogP contribution in [0.3, 0.4) is 0 Å². The van der Waals surface area contributed by atoms with Gasteiger partial charge in [-0.15, -0.1) is 0 Å². The van der Waals surface area contributed by atoms with E-state index < -0.39 is 38.1 Å². The number of benzene rings is 1. The minimum Gasteiger partial charge on any atom is -0.459 e. The molecule has 54 heavy (non-hydrogen) atoms. The number of esters is 1. The van der Waals surface area contributed by atoms with Gasteiger partial charge in [-0.3, -0.25) is 0 Å². The highest BCUT2D eigenvalue weighted by Gasteiger charge is 2.42. The van der Waals surface area contributed by atoms with Crippen molar-refractivity contribution in [1.82, 2.24) is 0 Å². The summed E-state index contributed by atoms with van der Waals surface area (Å²) in [7, 11) is 4.18. The predicted octanol–water partition coefficient (Wildman–Crippen LogP) is 10.5. The lowest BCUT2D eigenvalue weighted by molar-refractivity contribution is -0.199. The average molecular weight is 831 g/mol. The van der Waals surface area contributed by atoms with Gasteiger partial charge in [-0.2, -0.15) is 13.2 Å². The number of rotatable bonds is 29. The quantitative estimate of drug-likeness (QED) is 0.0445. The molecule has 0 heterocycles. The zero-order chi connectivity index (χ0) is 41.4. The molecule has 0 atom stereocenters. The fourth-order valence-electron chi connectivity index (χ4n) is 5.65. The summed E-state index contributed by atoms with van der Waals surface area (Å²) in [6, 6.07) is 9.61. The first-order valence-corrected chi connectivity index (χ1v) is 26.6. The van der Waals surface area contributed by atoms with E-state index in [4.69, 9.17) is 31.0 Å². The Labute approximate surface area is 330 Å². The van der Waals surface area contributed by atoms with Crippen molar-refractivity contribution in [3.63, 3.8) is 0 Å². The molecule has 0 saturated heterocycles. The molecule has 0 amide bonds. The summed E-state index contributed by atoms with van der Waals surface area (Å²) < 4.78 is 76.1. The summed E-state index contributed by atoms with van der Waals surface area (Å²) in [5, 5.41) is 0.982. The topological polar surface area (TPSA) is 90.9 Å². The second-order valence-electron chi connectivity index (χ2n) is 14.1. The van der Waals surface area contributed by atoms with Crippen LogP contribution in [0.25, 0.3) is 0 Å². The third-order valence-electron chi connectivity index (χ3n) is 9.42. The van der Waals surface area contributed by atoms with Crippen LogP contribution in [0.15, 0.2) is 24.3 Å². The largest absolute Gasteiger partial charge is 0.536 e. The molecular weight excluding hydrogens is 754 g/mol. The lowest BCUT2D eigenvalue weighted by Gasteiger charge is -2.24. The Hall–Kier alpha value is -1.15. The van der Waals surface area contributed by atoms with Crippen LogP contribution in [0.5, 0.6) is 0 Å². The molecular formula is C39H77F3O9Si3. The Bertz CT molecular complexity index is 995. The van der Waals surface area contributed by atoms with Crippen LogP contribution in [0.2, 0.25) is 25.2 Å². The average Bonchev–Trinajstić information content (AvgIpc) is 3.16. The van der Waals surface area contributed by atoms with Crippen LogP contribution in [-0.4, -0.2) is 94.4 Å². The second-order valence-corrected chi connectivity index (χ2v) is 24.5. The van der Waals surface area contributed by atoms with Crippen LogP contribution >= 0.6 is 0 Å². The maximum atomic E-state index is 11.8. The van der Waals surface area contributed by atoms with E-state index in [-0.39, 0.29) is 19.1 Å². The van der Waals surface area contributed by atoms with Crippen molar-refractivity contribution < 1.29 is 53.7 Å². The summed E-state index contributed by atoms with van der Waals surface area (Å²) in [6.07, 6.45) is 18.4. The SMILES string of the molecule is CCCCCCCCCCCCCCCCCC[Si](C)(C)OC.CO[Si](CCCOC(=O)C(F)(F)F)(OC)OC.CO[Si](OC)(OC)c1ccc(C)cc1. The molecule has 1 aromatic carbocycles. The molecule has 0 radical (unpaired) electrons. The van der Waals surface area contributed by atoms with E-state index in [0.717, 1.165) is 5.19 Å². The number of hydrogen-bond acceptors (Lipinski definition) is 9. The van der Waals surface area contributed by atoms with Crippen molar-refractivity contribution in [2.75, 3.05) is 56.4 Å². The number of ether oxygens (including phenoxy) is 1. The molecule has 15 heteroatoms. The second kappa shape index (κ2) is 32.9. The normalized spacial score (nSPS) is 12.1. The number of carbonyl (C=O) groups excluding carboxylic acids is 1. The Morgan fingerprint density at radius 3 is 1.28 bits per heavy atom. The summed E-state index contributed by atoms with van der Waals surface area (Å²) in [6.45, 7) is 8.64. The van der Waals surface area contributed by atoms with Crippen LogP contribution < -0.4 is 5.19 Å². The van der Waals surface area contributed by atoms with Crippen molar-refractivity contribution in [2.24, 2.45) is 0 Å². The number of halogens is 3. The summed E-state index contributed by atoms with van der Waals surface area (Å²) in [5.41, 5.74) is 1.21. The molecule has 0 N–H and O–H groups in total. The molecule has 0 unspecified atom stereocenters. The fourth-order valence-corrected chi connectivity index (χ4v) is 10.4. The van der Waals surface area contributed by atoms with Gasteiger partial charge in [0.25, 0.3) is 0 Å². The third kappa shape index (κ3) is 26.7. The highest BCUT2D eigenvalue weighted by atomic mass is 28.4. The van der Waals surface area contributed by atoms with Crippen molar-refractivity contribution in [2.45, 2.75) is 154 Å². The molecule has 0 spiro atoms. The molecule has 0 aliphatic rings. The number of hydrogen-bond donors (Lipinski definition) is 0. The smallest absolute Gasteiger partial charge is 0.459 e. The zero-order valence-electron chi connectivity index (χ0n) is 35.8. The predicted molar refractivity (Wildman–Crippen MR) is 220 cm³/mol. The van der Waals surface area contributed by atoms with Gasteiger partial charge in [-0.05, 0) is 32.5 Å². The van der Waals surface area contributed by atoms with Gasteiger partial charge in [0.1, 0.15) is 0 Å². The number of aryl methyl sites for hydroxylation is 1. The van der Waals surface area contributed by atoms with E-state index >= 15 is 0 Å². The van der Waals surface area contributed by atoms with Gasteiger partial charge in [0, 0.05) is 61.0 Å². The summed E-state index contributed by atoms with van der Waals surface area (Å²) in [5.74, 6) is -2.20. The molecule has 0 aliphatic carbocycles. The van der Waals surface area contributed by atoms with Crippen molar-refractivity contribution >= 4 is 37.1 Å². The van der Waals surface area contributed by atoms with E-state index in [0.29, 0.717) is 0 Å². The van der Waals surface area contributed by atoms with Gasteiger partial charge in [-0.1, -0.05) is 139 Å². The van der Waals surface area contributed by atoms with Crippen LogP contribution in [0.1, 0.15) is 122 Å². The van der Waals surface area contributed by atoms with Gasteiger partial charge in [0.05, 0.1) is 6.61 Å². The minimum absolute atomic E-state index is 0.170. The fraction of sp³-hybridized carbons (Fsp3) is 0.821. The maximum Gasteiger partial charge on any atom is 0.536 e. The Morgan fingerprint density at radius 1 is 0.556 bits per heavy atom. The van der Waals surface area contributed by atoms with Crippen molar-refractivity contribution in [3.8, 4) is 0 Å². The number of carbonyl (C=O) groups is 1. The van der Waals surface area contributed by atoms with Gasteiger partial charge in [0.15, 0.2) is 8.32 Å². The Kier molecular flexibility index (Phi) is 33.5. The highest BCUT2D eigenvalue weighted by Crippen LogP contribution is 2.20. The van der Waals surface area contributed by atoms with Crippen LogP contribution in [0, 0.1) is 6.92 Å². The van der Waals surface area contributed by atoms with E-state index in [1.165, 1.54) is 136 Å².